The second-order valence-electron chi connectivity index (χ2n) is 4.74. The smallest absolute Gasteiger partial charge is 0.225 e. The van der Waals surface area contributed by atoms with Crippen LogP contribution >= 0.6 is 0 Å². The minimum Gasteiger partial charge on any atom is -0.356 e. The molecule has 0 atom stereocenters. The van der Waals surface area contributed by atoms with Crippen molar-refractivity contribution in [3.63, 3.8) is 0 Å². The third kappa shape index (κ3) is 2.36. The minimum atomic E-state index is 0.975. The maximum atomic E-state index is 10.4. The molecular formula is C16H15N2O. The number of pyridine rings is 1. The van der Waals surface area contributed by atoms with Crippen LogP contribution in [-0.2, 0) is 4.79 Å². The number of aromatic nitrogens is 1. The Labute approximate surface area is 112 Å². The molecule has 1 saturated heterocycles. The van der Waals surface area contributed by atoms with Crippen molar-refractivity contribution in [1.29, 1.82) is 0 Å². The highest BCUT2D eigenvalue weighted by molar-refractivity contribution is 5.87. The van der Waals surface area contributed by atoms with E-state index in [2.05, 4.69) is 11.0 Å². The van der Waals surface area contributed by atoms with E-state index in [1.165, 1.54) is 18.9 Å². The largest absolute Gasteiger partial charge is 0.356 e. The zero-order valence-electron chi connectivity index (χ0n) is 10.7. The minimum absolute atomic E-state index is 0.975. The highest BCUT2D eigenvalue weighted by Gasteiger charge is 2.16. The molecule has 1 aromatic carbocycles. The SMILES string of the molecule is O=[C]C=Cc1cc2ccccc2nc1N1CCCC1. The van der Waals surface area contributed by atoms with Gasteiger partial charge in [-0.2, -0.15) is 0 Å². The topological polar surface area (TPSA) is 33.2 Å². The van der Waals surface area contributed by atoms with Gasteiger partial charge in [0, 0.05) is 24.0 Å². The predicted molar refractivity (Wildman–Crippen MR) is 77.9 cm³/mol. The summed E-state index contributed by atoms with van der Waals surface area (Å²) in [6, 6.07) is 10.1. The molecule has 1 fully saturated rings. The summed E-state index contributed by atoms with van der Waals surface area (Å²) in [6.07, 6.45) is 7.42. The Hall–Kier alpha value is -2.16. The molecule has 1 radical (unpaired) electrons. The van der Waals surface area contributed by atoms with E-state index in [-0.39, 0.29) is 0 Å². The van der Waals surface area contributed by atoms with Gasteiger partial charge < -0.3 is 4.90 Å². The highest BCUT2D eigenvalue weighted by atomic mass is 16.1. The van der Waals surface area contributed by atoms with E-state index in [1.807, 2.05) is 24.3 Å². The molecule has 0 amide bonds. The van der Waals surface area contributed by atoms with Gasteiger partial charge in [-0.15, -0.1) is 0 Å². The summed E-state index contributed by atoms with van der Waals surface area (Å²) < 4.78 is 0. The molecule has 1 aliphatic heterocycles. The van der Waals surface area contributed by atoms with Crippen LogP contribution in [0.25, 0.3) is 17.0 Å². The number of para-hydroxylation sites is 1. The van der Waals surface area contributed by atoms with Gasteiger partial charge in [-0.25, -0.2) is 4.98 Å². The average molecular weight is 251 g/mol. The molecule has 3 heteroatoms. The van der Waals surface area contributed by atoms with E-state index in [1.54, 1.807) is 12.4 Å². The van der Waals surface area contributed by atoms with Crippen LogP contribution in [0.4, 0.5) is 5.82 Å². The van der Waals surface area contributed by atoms with Gasteiger partial charge in [0.15, 0.2) is 0 Å². The summed E-state index contributed by atoms with van der Waals surface area (Å²) in [4.78, 5) is 17.5. The van der Waals surface area contributed by atoms with E-state index in [0.717, 1.165) is 35.4 Å². The van der Waals surface area contributed by atoms with Crippen molar-refractivity contribution in [2.45, 2.75) is 12.8 Å². The molecule has 0 N–H and O–H groups in total. The Bertz CT molecular complexity index is 628. The first-order valence-electron chi connectivity index (χ1n) is 6.57. The van der Waals surface area contributed by atoms with Crippen LogP contribution in [0.15, 0.2) is 36.4 Å². The van der Waals surface area contributed by atoms with Crippen molar-refractivity contribution in [3.8, 4) is 0 Å². The molecule has 0 spiro atoms. The monoisotopic (exact) mass is 251 g/mol. The first-order chi connectivity index (χ1) is 9.38. The Morgan fingerprint density at radius 3 is 2.79 bits per heavy atom. The lowest BCUT2D eigenvalue weighted by Gasteiger charge is -2.19. The molecule has 1 aliphatic rings. The van der Waals surface area contributed by atoms with E-state index in [9.17, 15) is 4.79 Å². The van der Waals surface area contributed by atoms with Crippen molar-refractivity contribution in [2.24, 2.45) is 0 Å². The fourth-order valence-corrected chi connectivity index (χ4v) is 2.55. The molecule has 2 heterocycles. The van der Waals surface area contributed by atoms with Crippen molar-refractivity contribution in [3.05, 3.63) is 42.0 Å². The molecule has 2 aromatic rings. The predicted octanol–water partition coefficient (Wildman–Crippen LogP) is 2.96. The van der Waals surface area contributed by atoms with Gasteiger partial charge in [-0.1, -0.05) is 18.2 Å². The maximum absolute atomic E-state index is 10.4. The molecule has 19 heavy (non-hydrogen) atoms. The fraction of sp³-hybridized carbons (Fsp3) is 0.250. The Balaban J connectivity index is 2.14. The van der Waals surface area contributed by atoms with Gasteiger partial charge in [-0.3, -0.25) is 4.79 Å². The summed E-state index contributed by atoms with van der Waals surface area (Å²) in [7, 11) is 0. The zero-order chi connectivity index (χ0) is 13.1. The summed E-state index contributed by atoms with van der Waals surface area (Å²) in [5, 5.41) is 1.09. The highest BCUT2D eigenvalue weighted by Crippen LogP contribution is 2.27. The normalized spacial score (nSPS) is 15.5. The summed E-state index contributed by atoms with van der Waals surface area (Å²) in [5.74, 6) is 0.975. The van der Waals surface area contributed by atoms with Crippen LogP contribution < -0.4 is 4.90 Å². The molecule has 0 bridgehead atoms. The van der Waals surface area contributed by atoms with Gasteiger partial charge in [0.05, 0.1) is 5.52 Å². The Morgan fingerprint density at radius 2 is 2.00 bits per heavy atom. The average Bonchev–Trinajstić information content (AvgIpc) is 2.98. The van der Waals surface area contributed by atoms with Gasteiger partial charge in [0.2, 0.25) is 6.29 Å². The molecule has 0 saturated carbocycles. The number of fused-ring (bicyclic) bond motifs is 1. The lowest BCUT2D eigenvalue weighted by atomic mass is 10.1. The van der Waals surface area contributed by atoms with Gasteiger partial charge in [0.1, 0.15) is 5.82 Å². The van der Waals surface area contributed by atoms with E-state index in [0.29, 0.717) is 0 Å². The van der Waals surface area contributed by atoms with Crippen molar-refractivity contribution in [2.75, 3.05) is 18.0 Å². The molecule has 95 valence electrons. The van der Waals surface area contributed by atoms with Crippen LogP contribution in [0.3, 0.4) is 0 Å². The number of benzene rings is 1. The van der Waals surface area contributed by atoms with Crippen LogP contribution in [-0.4, -0.2) is 24.4 Å². The number of hydrogen-bond acceptors (Lipinski definition) is 3. The van der Waals surface area contributed by atoms with Crippen LogP contribution in [0.1, 0.15) is 18.4 Å². The lowest BCUT2D eigenvalue weighted by Crippen LogP contribution is -2.20. The maximum Gasteiger partial charge on any atom is 0.225 e. The first kappa shape index (κ1) is 11.9. The molecule has 3 rings (SSSR count). The summed E-state index contributed by atoms with van der Waals surface area (Å²) in [6.45, 7) is 2.08. The number of hydrogen-bond donors (Lipinski definition) is 0. The second kappa shape index (κ2) is 5.22. The van der Waals surface area contributed by atoms with Gasteiger partial charge in [-0.05, 0) is 37.1 Å². The molecule has 0 aliphatic carbocycles. The van der Waals surface area contributed by atoms with E-state index < -0.39 is 0 Å². The quantitative estimate of drug-likeness (QED) is 0.786. The Kier molecular flexibility index (Phi) is 3.27. The molecule has 3 nitrogen and oxygen atoms in total. The Morgan fingerprint density at radius 1 is 1.21 bits per heavy atom. The zero-order valence-corrected chi connectivity index (χ0v) is 10.7. The number of allylic oxidation sites excluding steroid dienone is 1. The third-order valence-corrected chi connectivity index (χ3v) is 3.47. The molecule has 1 aromatic heterocycles. The summed E-state index contributed by atoms with van der Waals surface area (Å²) in [5.41, 5.74) is 1.99. The van der Waals surface area contributed by atoms with Crippen LogP contribution in [0, 0.1) is 0 Å². The third-order valence-electron chi connectivity index (χ3n) is 3.47. The van der Waals surface area contributed by atoms with Gasteiger partial charge >= 0.3 is 0 Å². The van der Waals surface area contributed by atoms with Gasteiger partial charge in [0.25, 0.3) is 0 Å². The van der Waals surface area contributed by atoms with Crippen LogP contribution in [0.5, 0.6) is 0 Å². The number of rotatable bonds is 3. The molecule has 0 unspecified atom stereocenters. The standard InChI is InChI=1S/C16H15N2O/c19-11-5-7-14-12-13-6-1-2-8-15(13)17-16(14)18-9-3-4-10-18/h1-2,5-8,12H,3-4,9-10H2. The van der Waals surface area contributed by atoms with Crippen molar-refractivity contribution < 1.29 is 4.79 Å². The number of nitrogens with zero attached hydrogens (tertiary/aromatic N) is 2. The van der Waals surface area contributed by atoms with Crippen LogP contribution in [0.2, 0.25) is 0 Å². The van der Waals surface area contributed by atoms with Crippen molar-refractivity contribution >= 4 is 29.1 Å². The van der Waals surface area contributed by atoms with E-state index >= 15 is 0 Å². The van der Waals surface area contributed by atoms with E-state index in [4.69, 9.17) is 4.98 Å². The lowest BCUT2D eigenvalue weighted by molar-refractivity contribution is 0.564. The number of anilines is 1. The number of carbonyl (C=O) groups excluding carboxylic acids is 1. The summed E-state index contributed by atoms with van der Waals surface area (Å²) >= 11 is 0. The first-order valence-corrected chi connectivity index (χ1v) is 6.57. The van der Waals surface area contributed by atoms with Crippen molar-refractivity contribution in [1.82, 2.24) is 4.98 Å². The molecular weight excluding hydrogens is 236 g/mol. The fourth-order valence-electron chi connectivity index (χ4n) is 2.55. The second-order valence-corrected chi connectivity index (χ2v) is 4.74.